The Bertz CT molecular complexity index is 646. The number of hydrogen-bond donors (Lipinski definition) is 2. The molecule has 128 valence electrons. The topological polar surface area (TPSA) is 94.9 Å². The van der Waals surface area contributed by atoms with E-state index < -0.39 is 18.0 Å². The average molecular weight is 331 g/mol. The maximum Gasteiger partial charge on any atom is 0.337 e. The normalized spacial score (nSPS) is 21.2. The molecular weight excluding hydrogens is 310 g/mol. The highest BCUT2D eigenvalue weighted by Crippen LogP contribution is 2.36. The molecule has 1 aromatic carbocycles. The van der Waals surface area contributed by atoms with E-state index in [2.05, 4.69) is 0 Å². The van der Waals surface area contributed by atoms with Crippen LogP contribution in [0.3, 0.4) is 0 Å². The maximum absolute atomic E-state index is 12.9. The summed E-state index contributed by atoms with van der Waals surface area (Å²) in [6.45, 7) is 0.508. The summed E-state index contributed by atoms with van der Waals surface area (Å²) in [5.74, 6) is -2.18. The second kappa shape index (κ2) is 6.63. The minimum atomic E-state index is -1.17. The number of carboxylic acid groups (broad SMARTS) is 2. The zero-order chi connectivity index (χ0) is 17.3. The molecule has 1 saturated heterocycles. The number of aromatic carboxylic acids is 2. The van der Waals surface area contributed by atoms with Gasteiger partial charge in [0.25, 0.3) is 0 Å². The number of carboxylic acids is 2. The number of carbonyl (C=O) groups excluding carboxylic acids is 1. The fourth-order valence-corrected chi connectivity index (χ4v) is 4.01. The van der Waals surface area contributed by atoms with Crippen molar-refractivity contribution in [3.8, 4) is 0 Å². The number of anilines is 1. The minimum Gasteiger partial charge on any atom is -0.478 e. The molecule has 0 spiro atoms. The molecule has 1 atom stereocenters. The van der Waals surface area contributed by atoms with Crippen LogP contribution in [-0.4, -0.2) is 40.5 Å². The van der Waals surface area contributed by atoms with Gasteiger partial charge in [-0.15, -0.1) is 0 Å². The van der Waals surface area contributed by atoms with E-state index in [-0.39, 0.29) is 28.5 Å². The highest BCUT2D eigenvalue weighted by Gasteiger charge is 2.38. The first-order chi connectivity index (χ1) is 11.5. The highest BCUT2D eigenvalue weighted by atomic mass is 16.4. The molecule has 1 aliphatic carbocycles. The van der Waals surface area contributed by atoms with Crippen molar-refractivity contribution in [2.45, 2.75) is 44.6 Å². The first-order valence-corrected chi connectivity index (χ1v) is 8.40. The molecule has 1 saturated carbocycles. The SMILES string of the molecule is O=C(O)c1cccc(C(=O)O)c1N1CCCC1C(=O)C1CCCC1. The molecule has 1 unspecified atom stereocenters. The molecule has 1 aromatic rings. The Morgan fingerprint density at radius 1 is 0.917 bits per heavy atom. The standard InChI is InChI=1S/C18H21NO5/c20-16(11-5-1-2-6-11)14-9-4-10-19(14)15-12(17(21)22)7-3-8-13(15)18(23)24/h3,7-8,11,14H,1-2,4-6,9-10H2,(H,21,22)(H,23,24). The van der Waals surface area contributed by atoms with Crippen LogP contribution in [-0.2, 0) is 4.79 Å². The number of Topliss-reactive ketones (excluding diaryl/α,β-unsaturated/α-hetero) is 1. The lowest BCUT2D eigenvalue weighted by molar-refractivity contribution is -0.123. The Morgan fingerprint density at radius 2 is 1.50 bits per heavy atom. The van der Waals surface area contributed by atoms with Crippen LogP contribution in [0, 0.1) is 5.92 Å². The second-order valence-corrected chi connectivity index (χ2v) is 6.55. The van der Waals surface area contributed by atoms with E-state index in [0.29, 0.717) is 13.0 Å². The number of ketones is 1. The molecule has 2 aliphatic rings. The highest BCUT2D eigenvalue weighted by molar-refractivity contribution is 6.05. The van der Waals surface area contributed by atoms with Gasteiger partial charge in [0, 0.05) is 12.5 Å². The Balaban J connectivity index is 2.01. The largest absolute Gasteiger partial charge is 0.478 e. The molecular formula is C18H21NO5. The third kappa shape index (κ3) is 2.88. The van der Waals surface area contributed by atoms with Crippen LogP contribution >= 0.6 is 0 Å². The van der Waals surface area contributed by atoms with Crippen molar-refractivity contribution in [2.75, 3.05) is 11.4 Å². The summed E-state index contributed by atoms with van der Waals surface area (Å²) in [4.78, 5) is 37.7. The van der Waals surface area contributed by atoms with Crippen LogP contribution in [0.25, 0.3) is 0 Å². The van der Waals surface area contributed by atoms with Gasteiger partial charge < -0.3 is 15.1 Å². The lowest BCUT2D eigenvalue weighted by Crippen LogP contribution is -2.40. The average Bonchev–Trinajstić information content (AvgIpc) is 3.24. The Hall–Kier alpha value is -2.37. The Kier molecular flexibility index (Phi) is 4.55. The van der Waals surface area contributed by atoms with E-state index in [0.717, 1.165) is 32.1 Å². The van der Waals surface area contributed by atoms with Crippen molar-refractivity contribution < 1.29 is 24.6 Å². The van der Waals surface area contributed by atoms with Crippen molar-refractivity contribution in [2.24, 2.45) is 5.92 Å². The van der Waals surface area contributed by atoms with Crippen LogP contribution in [0.4, 0.5) is 5.69 Å². The summed E-state index contributed by atoms with van der Waals surface area (Å²) in [5, 5.41) is 18.9. The zero-order valence-electron chi connectivity index (χ0n) is 13.4. The molecule has 0 radical (unpaired) electrons. The summed E-state index contributed by atoms with van der Waals surface area (Å²) < 4.78 is 0. The number of hydrogen-bond acceptors (Lipinski definition) is 4. The van der Waals surface area contributed by atoms with Gasteiger partial charge in [0.15, 0.2) is 5.78 Å². The number of nitrogens with zero attached hydrogens (tertiary/aromatic N) is 1. The Morgan fingerprint density at radius 3 is 2.04 bits per heavy atom. The molecule has 2 fully saturated rings. The molecule has 3 rings (SSSR count). The summed E-state index contributed by atoms with van der Waals surface area (Å²) >= 11 is 0. The van der Waals surface area contributed by atoms with Gasteiger partial charge in [0.1, 0.15) is 0 Å². The van der Waals surface area contributed by atoms with Gasteiger partial charge in [0.05, 0.1) is 22.9 Å². The minimum absolute atomic E-state index is 0.0286. The van der Waals surface area contributed by atoms with E-state index in [4.69, 9.17) is 0 Å². The van der Waals surface area contributed by atoms with Gasteiger partial charge in [-0.1, -0.05) is 18.9 Å². The van der Waals surface area contributed by atoms with Gasteiger partial charge in [-0.05, 0) is 37.8 Å². The van der Waals surface area contributed by atoms with Crippen LogP contribution in [0.1, 0.15) is 59.2 Å². The number of rotatable bonds is 5. The third-order valence-electron chi connectivity index (χ3n) is 5.12. The molecule has 0 aromatic heterocycles. The van der Waals surface area contributed by atoms with Crippen molar-refractivity contribution in [1.29, 1.82) is 0 Å². The van der Waals surface area contributed by atoms with Crippen LogP contribution in [0.15, 0.2) is 18.2 Å². The zero-order valence-corrected chi connectivity index (χ0v) is 13.4. The number of para-hydroxylation sites is 1. The molecule has 6 nitrogen and oxygen atoms in total. The summed E-state index contributed by atoms with van der Waals surface area (Å²) in [6, 6.07) is 3.82. The van der Waals surface area contributed by atoms with E-state index in [1.165, 1.54) is 18.2 Å². The maximum atomic E-state index is 12.9. The Labute approximate surface area is 140 Å². The van der Waals surface area contributed by atoms with Gasteiger partial charge in [-0.3, -0.25) is 4.79 Å². The smallest absolute Gasteiger partial charge is 0.337 e. The van der Waals surface area contributed by atoms with Gasteiger partial charge in [-0.2, -0.15) is 0 Å². The lowest BCUT2D eigenvalue weighted by Gasteiger charge is -2.30. The lowest BCUT2D eigenvalue weighted by atomic mass is 9.94. The van der Waals surface area contributed by atoms with E-state index >= 15 is 0 Å². The first kappa shape index (κ1) is 16.5. The third-order valence-corrected chi connectivity index (χ3v) is 5.12. The van der Waals surface area contributed by atoms with Crippen LogP contribution in [0.2, 0.25) is 0 Å². The number of benzene rings is 1. The molecule has 24 heavy (non-hydrogen) atoms. The fraction of sp³-hybridized carbons (Fsp3) is 0.500. The van der Waals surface area contributed by atoms with Crippen LogP contribution < -0.4 is 4.90 Å². The molecule has 0 amide bonds. The molecule has 2 N–H and O–H groups in total. The molecule has 1 aliphatic heterocycles. The summed E-state index contributed by atoms with van der Waals surface area (Å²) in [6.07, 6.45) is 5.29. The fourth-order valence-electron chi connectivity index (χ4n) is 4.01. The molecule has 0 bridgehead atoms. The van der Waals surface area contributed by atoms with Crippen molar-refractivity contribution in [1.82, 2.24) is 0 Å². The monoisotopic (exact) mass is 331 g/mol. The first-order valence-electron chi connectivity index (χ1n) is 8.40. The van der Waals surface area contributed by atoms with E-state index in [9.17, 15) is 24.6 Å². The van der Waals surface area contributed by atoms with E-state index in [1.807, 2.05) is 0 Å². The summed E-state index contributed by atoms with van der Waals surface area (Å²) in [5.41, 5.74) is 0.0633. The van der Waals surface area contributed by atoms with Crippen molar-refractivity contribution in [3.63, 3.8) is 0 Å². The van der Waals surface area contributed by atoms with Gasteiger partial charge >= 0.3 is 11.9 Å². The second-order valence-electron chi connectivity index (χ2n) is 6.55. The van der Waals surface area contributed by atoms with Gasteiger partial charge in [-0.25, -0.2) is 9.59 Å². The van der Waals surface area contributed by atoms with Crippen LogP contribution in [0.5, 0.6) is 0 Å². The quantitative estimate of drug-likeness (QED) is 0.861. The summed E-state index contributed by atoms with van der Waals surface area (Å²) in [7, 11) is 0. The van der Waals surface area contributed by atoms with Crippen molar-refractivity contribution in [3.05, 3.63) is 29.3 Å². The molecule has 6 heteroatoms. The molecule has 1 heterocycles. The van der Waals surface area contributed by atoms with E-state index in [1.54, 1.807) is 4.90 Å². The van der Waals surface area contributed by atoms with Gasteiger partial charge in [0.2, 0.25) is 0 Å². The predicted octanol–water partition coefficient (Wildman–Crippen LogP) is 2.81. The number of carbonyl (C=O) groups is 3. The van der Waals surface area contributed by atoms with Crippen molar-refractivity contribution >= 4 is 23.4 Å². The predicted molar refractivity (Wildman–Crippen MR) is 87.7 cm³/mol.